The van der Waals surface area contributed by atoms with E-state index < -0.39 is 5.60 Å². The smallest absolute Gasteiger partial charge is 0.410 e. The summed E-state index contributed by atoms with van der Waals surface area (Å²) >= 11 is 0. The van der Waals surface area contributed by atoms with Gasteiger partial charge in [0.15, 0.2) is 0 Å². The molecule has 2 heterocycles. The molecule has 2 amide bonds. The first kappa shape index (κ1) is 17.5. The van der Waals surface area contributed by atoms with E-state index in [0.29, 0.717) is 19.6 Å². The molecule has 0 unspecified atom stereocenters. The first-order valence-corrected chi connectivity index (χ1v) is 8.83. The Morgan fingerprint density at radius 1 is 1.28 bits per heavy atom. The van der Waals surface area contributed by atoms with E-state index >= 15 is 0 Å². The van der Waals surface area contributed by atoms with Gasteiger partial charge >= 0.3 is 6.09 Å². The summed E-state index contributed by atoms with van der Waals surface area (Å²) in [5.41, 5.74) is 2.34. The van der Waals surface area contributed by atoms with Crippen LogP contribution in [0, 0.1) is 0 Å². The topological polar surface area (TPSA) is 49.9 Å². The largest absolute Gasteiger partial charge is 0.444 e. The molecule has 0 aromatic heterocycles. The number of rotatable bonds is 2. The second kappa shape index (κ2) is 6.54. The molecular weight excluding hydrogens is 316 g/mol. The van der Waals surface area contributed by atoms with Gasteiger partial charge in [-0.05, 0) is 50.8 Å². The van der Waals surface area contributed by atoms with E-state index in [1.54, 1.807) is 11.0 Å². The Balaban J connectivity index is 1.62. The van der Waals surface area contributed by atoms with Crippen molar-refractivity contribution in [3.8, 4) is 0 Å². The van der Waals surface area contributed by atoms with Crippen LogP contribution in [-0.2, 0) is 11.3 Å². The van der Waals surface area contributed by atoms with Crippen molar-refractivity contribution in [2.45, 2.75) is 51.8 Å². The van der Waals surface area contributed by atoms with Crippen LogP contribution in [0.25, 0.3) is 6.08 Å². The lowest BCUT2D eigenvalue weighted by molar-refractivity contribution is 0.0148. The predicted octanol–water partition coefficient (Wildman–Crippen LogP) is 3.68. The van der Waals surface area contributed by atoms with Gasteiger partial charge in [0, 0.05) is 31.2 Å². The highest BCUT2D eigenvalue weighted by Gasteiger charge is 2.36. The minimum atomic E-state index is -0.483. The number of carbonyl (C=O) groups excluding carboxylic acids is 2. The van der Waals surface area contributed by atoms with Gasteiger partial charge in [-0.1, -0.05) is 24.8 Å². The van der Waals surface area contributed by atoms with Crippen molar-refractivity contribution in [3.05, 3.63) is 41.5 Å². The summed E-state index contributed by atoms with van der Waals surface area (Å²) < 4.78 is 5.43. The lowest BCUT2D eigenvalue weighted by atomic mass is 10.0. The summed E-state index contributed by atoms with van der Waals surface area (Å²) in [4.78, 5) is 28.6. The highest BCUT2D eigenvalue weighted by molar-refractivity contribution is 5.99. The average Bonchev–Trinajstić information content (AvgIpc) is 2.90. The van der Waals surface area contributed by atoms with Crippen LogP contribution in [0.5, 0.6) is 0 Å². The number of hydrogen-bond acceptors (Lipinski definition) is 3. The Morgan fingerprint density at radius 3 is 2.56 bits per heavy atom. The van der Waals surface area contributed by atoms with Gasteiger partial charge in [-0.3, -0.25) is 4.79 Å². The maximum absolute atomic E-state index is 12.8. The molecule has 134 valence electrons. The third-order valence-corrected chi connectivity index (χ3v) is 4.76. The van der Waals surface area contributed by atoms with Gasteiger partial charge in [-0.15, -0.1) is 0 Å². The van der Waals surface area contributed by atoms with Crippen LogP contribution in [-0.4, -0.2) is 46.5 Å². The fourth-order valence-corrected chi connectivity index (χ4v) is 3.45. The zero-order valence-corrected chi connectivity index (χ0v) is 15.2. The number of nitrogens with zero attached hydrogens (tertiary/aromatic N) is 2. The predicted molar refractivity (Wildman–Crippen MR) is 97.2 cm³/mol. The van der Waals surface area contributed by atoms with Gasteiger partial charge in [-0.25, -0.2) is 4.79 Å². The van der Waals surface area contributed by atoms with Gasteiger partial charge in [0.25, 0.3) is 5.91 Å². The number of benzene rings is 1. The first-order valence-electron chi connectivity index (χ1n) is 8.83. The van der Waals surface area contributed by atoms with E-state index in [1.165, 1.54) is 0 Å². The van der Waals surface area contributed by atoms with Crippen LogP contribution in [0.2, 0.25) is 0 Å². The molecule has 5 heteroatoms. The molecule has 0 aliphatic carbocycles. The van der Waals surface area contributed by atoms with Crippen molar-refractivity contribution >= 4 is 18.1 Å². The summed E-state index contributed by atoms with van der Waals surface area (Å²) in [6.45, 7) is 11.3. The number of piperidine rings is 1. The number of likely N-dealkylation sites (tertiary alicyclic amines) is 1. The fourth-order valence-electron chi connectivity index (χ4n) is 3.45. The normalized spacial score (nSPS) is 18.3. The van der Waals surface area contributed by atoms with Gasteiger partial charge in [0.1, 0.15) is 5.60 Å². The van der Waals surface area contributed by atoms with Crippen LogP contribution < -0.4 is 0 Å². The summed E-state index contributed by atoms with van der Waals surface area (Å²) in [5, 5.41) is 0. The standard InChI is InChI=1S/C20H26N2O3/c1-5-14-6-7-15-13-22(18(23)17(15)12-14)16-8-10-21(11-9-16)19(24)25-20(2,3)4/h5-7,12,16H,1,8-11,13H2,2-4H3. The molecule has 0 spiro atoms. The molecule has 5 nitrogen and oxygen atoms in total. The molecule has 0 N–H and O–H groups in total. The molecule has 2 aliphatic heterocycles. The van der Waals surface area contributed by atoms with Crippen molar-refractivity contribution in [3.63, 3.8) is 0 Å². The van der Waals surface area contributed by atoms with Crippen LogP contribution in [0.15, 0.2) is 24.8 Å². The van der Waals surface area contributed by atoms with Crippen molar-refractivity contribution in [2.24, 2.45) is 0 Å². The summed E-state index contributed by atoms with van der Waals surface area (Å²) in [5.74, 6) is 0.0921. The molecule has 1 saturated heterocycles. The van der Waals surface area contributed by atoms with Crippen molar-refractivity contribution < 1.29 is 14.3 Å². The van der Waals surface area contributed by atoms with Crippen molar-refractivity contribution in [1.29, 1.82) is 0 Å². The quantitative estimate of drug-likeness (QED) is 0.824. The molecule has 0 bridgehead atoms. The van der Waals surface area contributed by atoms with E-state index in [9.17, 15) is 9.59 Å². The Kier molecular flexibility index (Phi) is 4.58. The van der Waals surface area contributed by atoms with Crippen LogP contribution in [0.1, 0.15) is 55.1 Å². The number of fused-ring (bicyclic) bond motifs is 1. The molecule has 1 fully saturated rings. The van der Waals surface area contributed by atoms with Gasteiger partial charge < -0.3 is 14.5 Å². The minimum Gasteiger partial charge on any atom is -0.444 e. The highest BCUT2D eigenvalue weighted by atomic mass is 16.6. The maximum Gasteiger partial charge on any atom is 0.410 e. The molecule has 0 atom stereocenters. The molecule has 25 heavy (non-hydrogen) atoms. The molecule has 1 aromatic carbocycles. The van der Waals surface area contributed by atoms with Crippen LogP contribution in [0.3, 0.4) is 0 Å². The molecule has 0 saturated carbocycles. The van der Waals surface area contributed by atoms with Crippen LogP contribution >= 0.6 is 0 Å². The van der Waals surface area contributed by atoms with E-state index in [2.05, 4.69) is 6.58 Å². The van der Waals surface area contributed by atoms with Gasteiger partial charge in [0.2, 0.25) is 0 Å². The SMILES string of the molecule is C=Cc1ccc2c(c1)C(=O)N(C1CCN(C(=O)OC(C)(C)C)CC1)C2. The molecule has 2 aliphatic rings. The Bertz CT molecular complexity index is 697. The number of carbonyl (C=O) groups is 2. The Labute approximate surface area is 149 Å². The Hall–Kier alpha value is -2.30. The summed E-state index contributed by atoms with van der Waals surface area (Å²) in [6.07, 6.45) is 3.06. The lowest BCUT2D eigenvalue weighted by Gasteiger charge is -2.37. The molecule has 3 rings (SSSR count). The van der Waals surface area contributed by atoms with Gasteiger partial charge in [0.05, 0.1) is 0 Å². The second-order valence-corrected chi connectivity index (χ2v) is 7.75. The van der Waals surface area contributed by atoms with E-state index in [1.807, 2.05) is 43.9 Å². The van der Waals surface area contributed by atoms with Gasteiger partial charge in [-0.2, -0.15) is 0 Å². The van der Waals surface area contributed by atoms with Crippen molar-refractivity contribution in [1.82, 2.24) is 9.80 Å². The number of hydrogen-bond donors (Lipinski definition) is 0. The zero-order chi connectivity index (χ0) is 18.2. The maximum atomic E-state index is 12.8. The molecular formula is C20H26N2O3. The monoisotopic (exact) mass is 342 g/mol. The first-order chi connectivity index (χ1) is 11.8. The lowest BCUT2D eigenvalue weighted by Crippen LogP contribution is -2.48. The molecule has 1 aromatic rings. The highest BCUT2D eigenvalue weighted by Crippen LogP contribution is 2.29. The third-order valence-electron chi connectivity index (χ3n) is 4.76. The fraction of sp³-hybridized carbons (Fsp3) is 0.500. The zero-order valence-electron chi connectivity index (χ0n) is 15.2. The van der Waals surface area contributed by atoms with E-state index in [0.717, 1.165) is 29.5 Å². The Morgan fingerprint density at radius 2 is 1.96 bits per heavy atom. The summed E-state index contributed by atoms with van der Waals surface area (Å²) in [7, 11) is 0. The summed E-state index contributed by atoms with van der Waals surface area (Å²) in [6, 6.07) is 6.10. The van der Waals surface area contributed by atoms with Crippen molar-refractivity contribution in [2.75, 3.05) is 13.1 Å². The van der Waals surface area contributed by atoms with E-state index in [4.69, 9.17) is 4.74 Å². The second-order valence-electron chi connectivity index (χ2n) is 7.75. The number of ether oxygens (including phenoxy) is 1. The van der Waals surface area contributed by atoms with E-state index in [-0.39, 0.29) is 18.0 Å². The molecule has 0 radical (unpaired) electrons. The third kappa shape index (κ3) is 3.70. The number of amides is 2. The van der Waals surface area contributed by atoms with Crippen LogP contribution in [0.4, 0.5) is 4.79 Å². The minimum absolute atomic E-state index is 0.0921. The average molecular weight is 342 g/mol.